The van der Waals surface area contributed by atoms with Crippen LogP contribution in [0.2, 0.25) is 0 Å². The summed E-state index contributed by atoms with van der Waals surface area (Å²) in [4.78, 5) is 20.8. The Morgan fingerprint density at radius 2 is 1.84 bits per heavy atom. The summed E-state index contributed by atoms with van der Waals surface area (Å²) in [5, 5.41) is 10.8. The molecule has 2 heterocycles. The highest BCUT2D eigenvalue weighted by atomic mass is 79.9. The maximum atomic E-state index is 12.8. The molecule has 2 N–H and O–H groups in total. The van der Waals surface area contributed by atoms with E-state index < -0.39 is 0 Å². The molecule has 162 valence electrons. The molecule has 0 spiro atoms. The van der Waals surface area contributed by atoms with Gasteiger partial charge in [0, 0.05) is 33.5 Å². The molecule has 1 amide bonds. The number of hydrogen-bond acceptors (Lipinski definition) is 5. The van der Waals surface area contributed by atoms with Gasteiger partial charge in [-0.25, -0.2) is 0 Å². The first-order valence-electron chi connectivity index (χ1n) is 10.5. The van der Waals surface area contributed by atoms with Gasteiger partial charge in [-0.3, -0.25) is 4.79 Å². The van der Waals surface area contributed by atoms with Crippen molar-refractivity contribution in [2.45, 2.75) is 20.3 Å². The molecule has 2 aromatic rings. The van der Waals surface area contributed by atoms with E-state index in [9.17, 15) is 4.79 Å². The van der Waals surface area contributed by atoms with Crippen LogP contribution in [0.25, 0.3) is 5.57 Å². The number of rotatable bonds is 7. The molecule has 0 unspecified atom stereocenters. The number of amides is 1. The molecule has 0 aliphatic carbocycles. The quantitative estimate of drug-likeness (QED) is 0.333. The summed E-state index contributed by atoms with van der Waals surface area (Å²) in [7, 11) is 2.09. The summed E-state index contributed by atoms with van der Waals surface area (Å²) >= 11 is 3.51. The van der Waals surface area contributed by atoms with E-state index in [-0.39, 0.29) is 5.91 Å². The Labute approximate surface area is 191 Å². The molecule has 0 bridgehead atoms. The van der Waals surface area contributed by atoms with E-state index in [4.69, 9.17) is 4.84 Å². The third-order valence-corrected chi connectivity index (χ3v) is 5.96. The molecular weight excluding hydrogens is 456 g/mol. The number of anilines is 2. The lowest BCUT2D eigenvalue weighted by Gasteiger charge is -2.16. The van der Waals surface area contributed by atoms with Gasteiger partial charge in [0.2, 0.25) is 0 Å². The fraction of sp³-hybridized carbons (Fsp3) is 0.333. The highest BCUT2D eigenvalue weighted by Crippen LogP contribution is 2.40. The number of hydrogen-bond donors (Lipinski definition) is 2. The van der Waals surface area contributed by atoms with Crippen LogP contribution in [0.15, 0.2) is 57.8 Å². The van der Waals surface area contributed by atoms with Crippen molar-refractivity contribution in [1.29, 1.82) is 0 Å². The Morgan fingerprint density at radius 1 is 1.06 bits per heavy atom. The molecule has 0 saturated carbocycles. The van der Waals surface area contributed by atoms with Crippen molar-refractivity contribution in [3.05, 3.63) is 63.8 Å². The SMILES string of the molecule is CC(C)CCN(C)CCO/N=C1/C(=C2/C(=O)Nc3ccc(Br)cc32)Nc2ccccc21. The standard InChI is InChI=1S/C24H27BrN4O2/c1-15(2)10-11-29(3)12-13-31-28-22-17-6-4-5-7-19(17)26-23(22)21-18-14-16(25)8-9-20(18)27-24(21)30/h4-9,14-15,26H,10-13H2,1-3H3,(H,27,30)/b23-21-,28-22+. The summed E-state index contributed by atoms with van der Waals surface area (Å²) in [5.74, 6) is 0.531. The van der Waals surface area contributed by atoms with Gasteiger partial charge in [-0.05, 0) is 50.2 Å². The zero-order valence-electron chi connectivity index (χ0n) is 18.0. The van der Waals surface area contributed by atoms with Gasteiger partial charge in [0.25, 0.3) is 5.91 Å². The van der Waals surface area contributed by atoms with E-state index in [0.717, 1.165) is 46.5 Å². The summed E-state index contributed by atoms with van der Waals surface area (Å²) < 4.78 is 0.913. The minimum absolute atomic E-state index is 0.149. The summed E-state index contributed by atoms with van der Waals surface area (Å²) in [5.41, 5.74) is 5.37. The first kappa shape index (κ1) is 21.6. The van der Waals surface area contributed by atoms with E-state index >= 15 is 0 Å². The lowest BCUT2D eigenvalue weighted by atomic mass is 10.0. The zero-order chi connectivity index (χ0) is 22.0. The van der Waals surface area contributed by atoms with Crippen molar-refractivity contribution in [2.75, 3.05) is 37.4 Å². The second-order valence-corrected chi connectivity index (χ2v) is 9.24. The average Bonchev–Trinajstić information content (AvgIpc) is 3.25. The van der Waals surface area contributed by atoms with Crippen molar-refractivity contribution in [2.24, 2.45) is 11.1 Å². The third kappa shape index (κ3) is 4.67. The first-order valence-corrected chi connectivity index (χ1v) is 11.3. The third-order valence-electron chi connectivity index (χ3n) is 5.46. The molecule has 7 heteroatoms. The van der Waals surface area contributed by atoms with Crippen LogP contribution in [0, 0.1) is 5.92 Å². The van der Waals surface area contributed by atoms with E-state index in [0.29, 0.717) is 29.5 Å². The fourth-order valence-electron chi connectivity index (χ4n) is 3.69. The maximum absolute atomic E-state index is 12.8. The lowest BCUT2D eigenvalue weighted by Crippen LogP contribution is -2.24. The second-order valence-electron chi connectivity index (χ2n) is 8.32. The maximum Gasteiger partial charge on any atom is 0.258 e. The normalized spacial score (nSPS) is 18.4. The zero-order valence-corrected chi connectivity index (χ0v) is 19.6. The molecule has 0 aromatic heterocycles. The van der Waals surface area contributed by atoms with Crippen LogP contribution in [-0.2, 0) is 9.63 Å². The fourth-order valence-corrected chi connectivity index (χ4v) is 4.05. The smallest absolute Gasteiger partial charge is 0.258 e. The van der Waals surface area contributed by atoms with Gasteiger partial charge in [0.05, 0.1) is 11.3 Å². The Hall–Kier alpha value is -2.64. The number of nitrogens with zero attached hydrogens (tertiary/aromatic N) is 2. The molecule has 6 nitrogen and oxygen atoms in total. The van der Waals surface area contributed by atoms with Crippen LogP contribution in [-0.4, -0.2) is 43.3 Å². The van der Waals surface area contributed by atoms with Gasteiger partial charge in [-0.2, -0.15) is 0 Å². The summed E-state index contributed by atoms with van der Waals surface area (Å²) in [6.45, 7) is 6.76. The van der Waals surface area contributed by atoms with Gasteiger partial charge >= 0.3 is 0 Å². The molecule has 0 fully saturated rings. The molecule has 31 heavy (non-hydrogen) atoms. The van der Waals surface area contributed by atoms with Crippen LogP contribution in [0.4, 0.5) is 11.4 Å². The molecule has 2 aliphatic rings. The molecule has 0 radical (unpaired) electrons. The molecule has 2 aliphatic heterocycles. The minimum Gasteiger partial charge on any atom is -0.394 e. The van der Waals surface area contributed by atoms with Crippen molar-refractivity contribution >= 4 is 44.5 Å². The van der Waals surface area contributed by atoms with Gasteiger partial charge in [0.15, 0.2) is 0 Å². The van der Waals surface area contributed by atoms with Crippen LogP contribution < -0.4 is 10.6 Å². The number of allylic oxidation sites excluding steroid dienone is 1. The monoisotopic (exact) mass is 482 g/mol. The number of carbonyl (C=O) groups is 1. The van der Waals surface area contributed by atoms with Gasteiger partial charge < -0.3 is 20.4 Å². The summed E-state index contributed by atoms with van der Waals surface area (Å²) in [6, 6.07) is 13.6. The highest BCUT2D eigenvalue weighted by molar-refractivity contribution is 9.10. The number of halogens is 1. The number of fused-ring (bicyclic) bond motifs is 2. The van der Waals surface area contributed by atoms with E-state index in [2.05, 4.69) is 57.5 Å². The van der Waals surface area contributed by atoms with Crippen molar-refractivity contribution in [3.63, 3.8) is 0 Å². The number of carbonyl (C=O) groups excluding carboxylic acids is 1. The van der Waals surface area contributed by atoms with Gasteiger partial charge in [-0.15, -0.1) is 0 Å². The van der Waals surface area contributed by atoms with Crippen LogP contribution in [0.3, 0.4) is 0 Å². The van der Waals surface area contributed by atoms with Crippen LogP contribution in [0.1, 0.15) is 31.4 Å². The van der Waals surface area contributed by atoms with Crippen molar-refractivity contribution < 1.29 is 9.63 Å². The van der Waals surface area contributed by atoms with Crippen molar-refractivity contribution in [3.8, 4) is 0 Å². The highest BCUT2D eigenvalue weighted by Gasteiger charge is 2.34. The lowest BCUT2D eigenvalue weighted by molar-refractivity contribution is -0.110. The number of likely N-dealkylation sites (N-methyl/N-ethyl adjacent to an activating group) is 1. The van der Waals surface area contributed by atoms with Crippen molar-refractivity contribution in [1.82, 2.24) is 4.90 Å². The Bertz CT molecular complexity index is 1060. The van der Waals surface area contributed by atoms with Crippen LogP contribution in [0.5, 0.6) is 0 Å². The largest absolute Gasteiger partial charge is 0.394 e. The molecule has 2 aromatic carbocycles. The average molecular weight is 483 g/mol. The number of oxime groups is 1. The van der Waals surface area contributed by atoms with E-state index in [1.165, 1.54) is 0 Å². The topological polar surface area (TPSA) is 66.0 Å². The Balaban J connectivity index is 1.60. The van der Waals surface area contributed by atoms with E-state index in [1.54, 1.807) is 0 Å². The Kier molecular flexibility index (Phi) is 6.43. The predicted molar refractivity (Wildman–Crippen MR) is 129 cm³/mol. The van der Waals surface area contributed by atoms with E-state index in [1.807, 2.05) is 42.5 Å². The number of nitrogens with one attached hydrogen (secondary N) is 2. The Morgan fingerprint density at radius 3 is 2.65 bits per heavy atom. The van der Waals surface area contributed by atoms with Crippen LogP contribution >= 0.6 is 15.9 Å². The first-order chi connectivity index (χ1) is 14.9. The second kappa shape index (κ2) is 9.24. The predicted octanol–water partition coefficient (Wildman–Crippen LogP) is 4.94. The number of para-hydroxylation sites is 1. The molecular formula is C24H27BrN4O2. The van der Waals surface area contributed by atoms with Gasteiger partial charge in [-0.1, -0.05) is 53.1 Å². The molecule has 0 atom stereocenters. The number of benzene rings is 2. The minimum atomic E-state index is -0.149. The molecule has 0 saturated heterocycles. The molecule has 4 rings (SSSR count). The summed E-state index contributed by atoms with van der Waals surface area (Å²) in [6.07, 6.45) is 1.16. The van der Waals surface area contributed by atoms with Gasteiger partial charge in [0.1, 0.15) is 12.3 Å².